The predicted molar refractivity (Wildman–Crippen MR) is 66.4 cm³/mol. The molecular formula is C12H14BF4NO2. The van der Waals surface area contributed by atoms with Gasteiger partial charge in [-0.25, -0.2) is 17.6 Å². The highest BCUT2D eigenvalue weighted by Crippen LogP contribution is 2.37. The first-order chi connectivity index (χ1) is 8.99. The van der Waals surface area contributed by atoms with E-state index in [0.29, 0.717) is 0 Å². The van der Waals surface area contributed by atoms with Gasteiger partial charge in [-0.1, -0.05) is 0 Å². The van der Waals surface area contributed by atoms with Crippen LogP contribution in [0.1, 0.15) is 27.7 Å². The van der Waals surface area contributed by atoms with Gasteiger partial charge in [0.15, 0.2) is 23.3 Å². The summed E-state index contributed by atoms with van der Waals surface area (Å²) in [7, 11) is -1.55. The molecule has 0 radical (unpaired) electrons. The minimum atomic E-state index is -1.66. The topological polar surface area (TPSA) is 44.5 Å². The van der Waals surface area contributed by atoms with Crippen LogP contribution in [0, 0.1) is 23.3 Å². The van der Waals surface area contributed by atoms with Crippen molar-refractivity contribution >= 4 is 18.3 Å². The highest BCUT2D eigenvalue weighted by Gasteiger charge is 2.54. The van der Waals surface area contributed by atoms with Gasteiger partial charge in [0.05, 0.1) is 16.7 Å². The van der Waals surface area contributed by atoms with Crippen molar-refractivity contribution in [3.8, 4) is 0 Å². The summed E-state index contributed by atoms with van der Waals surface area (Å²) < 4.78 is 65.4. The Morgan fingerprint density at radius 2 is 1.15 bits per heavy atom. The number of anilines is 1. The van der Waals surface area contributed by atoms with E-state index in [1.165, 1.54) is 0 Å². The predicted octanol–water partition coefficient (Wildman–Crippen LogP) is 2.12. The standard InChI is InChI=1S/C12H14BF4NO2/c1-11(2)12(3,4)20-13(19-11)5-6(14)8(16)10(18)9(17)7(5)15/h18H2,1-4H3. The zero-order valence-corrected chi connectivity index (χ0v) is 11.5. The third-order valence-corrected chi connectivity index (χ3v) is 3.82. The molecule has 0 saturated carbocycles. The zero-order chi connectivity index (χ0) is 15.5. The normalized spacial score (nSPS) is 20.5. The molecule has 0 amide bonds. The van der Waals surface area contributed by atoms with E-state index in [2.05, 4.69) is 0 Å². The average Bonchev–Trinajstić information content (AvgIpc) is 2.53. The van der Waals surface area contributed by atoms with Gasteiger partial charge >= 0.3 is 7.12 Å². The van der Waals surface area contributed by atoms with Crippen LogP contribution in [0.4, 0.5) is 23.2 Å². The first-order valence-corrected chi connectivity index (χ1v) is 5.96. The summed E-state index contributed by atoms with van der Waals surface area (Å²) in [4.78, 5) is 0. The molecule has 1 aromatic carbocycles. The van der Waals surface area contributed by atoms with Gasteiger partial charge in [-0.15, -0.1) is 0 Å². The van der Waals surface area contributed by atoms with Crippen LogP contribution < -0.4 is 11.2 Å². The molecule has 0 spiro atoms. The van der Waals surface area contributed by atoms with E-state index in [-0.39, 0.29) is 0 Å². The van der Waals surface area contributed by atoms with Crippen LogP contribution in [0.25, 0.3) is 0 Å². The largest absolute Gasteiger partial charge is 0.501 e. The van der Waals surface area contributed by atoms with Gasteiger partial charge in [0.2, 0.25) is 0 Å². The van der Waals surface area contributed by atoms with Crippen molar-refractivity contribution < 1.29 is 26.9 Å². The lowest BCUT2D eigenvalue weighted by Gasteiger charge is -2.32. The SMILES string of the molecule is CC1(C)OB(c2c(F)c(F)c(N)c(F)c2F)OC1(C)C. The summed E-state index contributed by atoms with van der Waals surface area (Å²) in [5.74, 6) is -6.54. The van der Waals surface area contributed by atoms with Gasteiger partial charge in [0.1, 0.15) is 5.69 Å². The maximum Gasteiger partial charge on any atom is 0.501 e. The van der Waals surface area contributed by atoms with Crippen LogP contribution in [0.5, 0.6) is 0 Å². The van der Waals surface area contributed by atoms with Crippen molar-refractivity contribution in [3.05, 3.63) is 23.3 Å². The minimum absolute atomic E-state index is 0.898. The Kier molecular flexibility index (Phi) is 3.30. The van der Waals surface area contributed by atoms with Crippen LogP contribution in [-0.4, -0.2) is 18.3 Å². The first-order valence-electron chi connectivity index (χ1n) is 5.96. The number of rotatable bonds is 1. The molecule has 110 valence electrons. The lowest BCUT2D eigenvalue weighted by atomic mass is 9.77. The summed E-state index contributed by atoms with van der Waals surface area (Å²) in [5, 5.41) is 0. The molecular weight excluding hydrogens is 277 g/mol. The van der Waals surface area contributed by atoms with Gasteiger partial charge in [-0.2, -0.15) is 0 Å². The molecule has 8 heteroatoms. The Balaban J connectivity index is 2.57. The van der Waals surface area contributed by atoms with Gasteiger partial charge in [0, 0.05) is 0 Å². The molecule has 0 atom stereocenters. The van der Waals surface area contributed by atoms with E-state index in [1.807, 2.05) is 0 Å². The highest BCUT2D eigenvalue weighted by molar-refractivity contribution is 6.62. The zero-order valence-electron chi connectivity index (χ0n) is 11.5. The van der Waals surface area contributed by atoms with E-state index >= 15 is 0 Å². The number of hydrogen-bond acceptors (Lipinski definition) is 3. The van der Waals surface area contributed by atoms with E-state index in [0.717, 1.165) is 0 Å². The summed E-state index contributed by atoms with van der Waals surface area (Å²) in [6.45, 7) is 6.58. The molecule has 0 bridgehead atoms. The molecule has 1 saturated heterocycles. The number of hydrogen-bond donors (Lipinski definition) is 1. The minimum Gasteiger partial charge on any atom is -0.399 e. The maximum atomic E-state index is 13.8. The van der Waals surface area contributed by atoms with Crippen LogP contribution in [0.2, 0.25) is 0 Å². The van der Waals surface area contributed by atoms with Crippen molar-refractivity contribution in [2.45, 2.75) is 38.9 Å². The fraction of sp³-hybridized carbons (Fsp3) is 0.500. The monoisotopic (exact) mass is 291 g/mol. The average molecular weight is 291 g/mol. The van der Waals surface area contributed by atoms with Crippen LogP contribution >= 0.6 is 0 Å². The molecule has 1 aromatic rings. The van der Waals surface area contributed by atoms with Crippen molar-refractivity contribution in [1.29, 1.82) is 0 Å². The highest BCUT2D eigenvalue weighted by atomic mass is 19.2. The second kappa shape index (κ2) is 4.36. The Hall–Kier alpha value is -1.28. The van der Waals surface area contributed by atoms with Gasteiger partial charge in [-0.05, 0) is 27.7 Å². The Morgan fingerprint density at radius 3 is 1.50 bits per heavy atom. The smallest absolute Gasteiger partial charge is 0.399 e. The Bertz CT molecular complexity index is 532. The fourth-order valence-corrected chi connectivity index (χ4v) is 1.83. The second-order valence-corrected chi connectivity index (χ2v) is 5.67. The summed E-state index contributed by atoms with van der Waals surface area (Å²) in [6.07, 6.45) is 0. The van der Waals surface area contributed by atoms with Gasteiger partial charge in [-0.3, -0.25) is 0 Å². The molecule has 0 unspecified atom stereocenters. The van der Waals surface area contributed by atoms with Crippen molar-refractivity contribution in [3.63, 3.8) is 0 Å². The van der Waals surface area contributed by atoms with E-state index in [4.69, 9.17) is 15.0 Å². The number of nitrogen functional groups attached to an aromatic ring is 1. The Labute approximate surface area is 114 Å². The third kappa shape index (κ3) is 1.98. The first kappa shape index (κ1) is 15.1. The fourth-order valence-electron chi connectivity index (χ4n) is 1.83. The number of benzene rings is 1. The summed E-state index contributed by atoms with van der Waals surface area (Å²) in [5.41, 5.74) is 0.991. The van der Waals surface area contributed by atoms with Crippen LogP contribution in [-0.2, 0) is 9.31 Å². The molecule has 1 aliphatic rings. The molecule has 1 aliphatic heterocycles. The number of halogens is 4. The van der Waals surface area contributed by atoms with Gasteiger partial charge in [0.25, 0.3) is 0 Å². The molecule has 0 aliphatic carbocycles. The molecule has 1 heterocycles. The summed E-state index contributed by atoms with van der Waals surface area (Å²) >= 11 is 0. The van der Waals surface area contributed by atoms with Crippen molar-refractivity contribution in [1.82, 2.24) is 0 Å². The molecule has 3 nitrogen and oxygen atoms in total. The van der Waals surface area contributed by atoms with Crippen LogP contribution in [0.15, 0.2) is 0 Å². The van der Waals surface area contributed by atoms with E-state index in [9.17, 15) is 17.6 Å². The van der Waals surface area contributed by atoms with Crippen molar-refractivity contribution in [2.24, 2.45) is 0 Å². The van der Waals surface area contributed by atoms with Gasteiger partial charge < -0.3 is 15.0 Å². The maximum absolute atomic E-state index is 13.8. The lowest BCUT2D eigenvalue weighted by Crippen LogP contribution is -2.41. The molecule has 20 heavy (non-hydrogen) atoms. The molecule has 0 aromatic heterocycles. The molecule has 2 N–H and O–H groups in total. The Morgan fingerprint density at radius 1 is 0.800 bits per heavy atom. The van der Waals surface area contributed by atoms with E-state index < -0.39 is 52.7 Å². The van der Waals surface area contributed by atoms with Crippen LogP contribution in [0.3, 0.4) is 0 Å². The second-order valence-electron chi connectivity index (χ2n) is 5.67. The third-order valence-electron chi connectivity index (χ3n) is 3.82. The molecule has 2 rings (SSSR count). The number of nitrogens with two attached hydrogens (primary N) is 1. The van der Waals surface area contributed by atoms with Crippen molar-refractivity contribution in [2.75, 3.05) is 5.73 Å². The van der Waals surface area contributed by atoms with E-state index in [1.54, 1.807) is 27.7 Å². The molecule has 1 fully saturated rings. The quantitative estimate of drug-likeness (QED) is 0.373. The summed E-state index contributed by atoms with van der Waals surface area (Å²) in [6, 6.07) is 0. The lowest BCUT2D eigenvalue weighted by molar-refractivity contribution is 0.00578.